The number of nitrogens with zero attached hydrogens (tertiary/aromatic N) is 1. The fourth-order valence-corrected chi connectivity index (χ4v) is 2.32. The molecule has 0 amide bonds. The summed E-state index contributed by atoms with van der Waals surface area (Å²) >= 11 is 3.53. The van der Waals surface area contributed by atoms with Crippen LogP contribution < -0.4 is 4.74 Å². The molecule has 0 bridgehead atoms. The molecule has 2 rings (SSSR count). The van der Waals surface area contributed by atoms with Gasteiger partial charge in [0, 0.05) is 22.4 Å². The Balaban J connectivity index is 2.50. The lowest BCUT2D eigenvalue weighted by Gasteiger charge is -2.08. The molecule has 0 radical (unpaired) electrons. The number of methoxy groups -OCH3 is 1. The van der Waals surface area contributed by atoms with Gasteiger partial charge in [-0.1, -0.05) is 12.1 Å². The van der Waals surface area contributed by atoms with Crippen LogP contribution in [0.4, 0.5) is 0 Å². The number of pyridine rings is 1. The maximum atomic E-state index is 5.14. The van der Waals surface area contributed by atoms with E-state index in [9.17, 15) is 0 Å². The van der Waals surface area contributed by atoms with Crippen molar-refractivity contribution in [2.45, 2.75) is 6.92 Å². The molecule has 0 saturated heterocycles. The van der Waals surface area contributed by atoms with Gasteiger partial charge in [-0.3, -0.25) is 4.98 Å². The number of rotatable bonds is 2. The Hall–Kier alpha value is -1.35. The van der Waals surface area contributed by atoms with E-state index >= 15 is 0 Å². The van der Waals surface area contributed by atoms with E-state index in [1.54, 1.807) is 7.11 Å². The van der Waals surface area contributed by atoms with Gasteiger partial charge in [0.05, 0.1) is 7.11 Å². The monoisotopic (exact) mass is 277 g/mol. The van der Waals surface area contributed by atoms with E-state index in [-0.39, 0.29) is 0 Å². The predicted octanol–water partition coefficient (Wildman–Crippen LogP) is 3.83. The van der Waals surface area contributed by atoms with Crippen LogP contribution in [0.3, 0.4) is 0 Å². The zero-order valence-corrected chi connectivity index (χ0v) is 10.8. The molecule has 1 heterocycles. The van der Waals surface area contributed by atoms with E-state index in [0.29, 0.717) is 0 Å². The van der Waals surface area contributed by atoms with Gasteiger partial charge in [-0.15, -0.1) is 0 Å². The first kappa shape index (κ1) is 11.1. The molecule has 82 valence electrons. The van der Waals surface area contributed by atoms with Crippen LogP contribution in [0.25, 0.3) is 11.1 Å². The zero-order chi connectivity index (χ0) is 11.5. The van der Waals surface area contributed by atoms with E-state index in [4.69, 9.17) is 4.74 Å². The largest absolute Gasteiger partial charge is 0.497 e. The molecule has 3 heteroatoms. The summed E-state index contributed by atoms with van der Waals surface area (Å²) in [4.78, 5) is 4.13. The Morgan fingerprint density at radius 2 is 1.81 bits per heavy atom. The first-order valence-electron chi connectivity index (χ1n) is 4.97. The van der Waals surface area contributed by atoms with Crippen LogP contribution in [0.1, 0.15) is 5.56 Å². The summed E-state index contributed by atoms with van der Waals surface area (Å²) in [6.45, 7) is 2.05. The highest BCUT2D eigenvalue weighted by atomic mass is 79.9. The molecule has 16 heavy (non-hydrogen) atoms. The first-order chi connectivity index (χ1) is 7.72. The fraction of sp³-hybridized carbons (Fsp3) is 0.154. The molecule has 0 saturated carbocycles. The second-order valence-corrected chi connectivity index (χ2v) is 4.40. The topological polar surface area (TPSA) is 22.1 Å². The molecule has 0 aliphatic carbocycles. The number of aryl methyl sites for hydroxylation is 1. The third-order valence-corrected chi connectivity index (χ3v) is 3.07. The minimum absolute atomic E-state index is 0.867. The highest BCUT2D eigenvalue weighted by Crippen LogP contribution is 2.31. The Bertz CT molecular complexity index is 474. The van der Waals surface area contributed by atoms with Gasteiger partial charge >= 0.3 is 0 Å². The fourth-order valence-electron chi connectivity index (χ4n) is 1.66. The van der Waals surface area contributed by atoms with Crippen LogP contribution in [0.2, 0.25) is 0 Å². The smallest absolute Gasteiger partial charge is 0.118 e. The summed E-state index contributed by atoms with van der Waals surface area (Å²) in [5.74, 6) is 0.867. The lowest BCUT2D eigenvalue weighted by Crippen LogP contribution is -1.88. The molecular formula is C13H12BrNO. The number of halogens is 1. The van der Waals surface area contributed by atoms with Crippen molar-refractivity contribution in [3.05, 3.63) is 46.7 Å². The molecule has 1 aromatic heterocycles. The quantitative estimate of drug-likeness (QED) is 0.833. The first-order valence-corrected chi connectivity index (χ1v) is 5.76. The molecule has 0 N–H and O–H groups in total. The van der Waals surface area contributed by atoms with Crippen molar-refractivity contribution >= 4 is 15.9 Å². The number of ether oxygens (including phenoxy) is 1. The lowest BCUT2D eigenvalue weighted by molar-refractivity contribution is 0.415. The van der Waals surface area contributed by atoms with E-state index in [1.807, 2.05) is 36.7 Å². The van der Waals surface area contributed by atoms with Crippen molar-refractivity contribution in [3.63, 3.8) is 0 Å². The third-order valence-electron chi connectivity index (χ3n) is 2.47. The van der Waals surface area contributed by atoms with Crippen molar-refractivity contribution in [1.29, 1.82) is 0 Å². The number of hydrogen-bond donors (Lipinski definition) is 0. The van der Waals surface area contributed by atoms with Gasteiger partial charge in [0.2, 0.25) is 0 Å². The normalized spacial score (nSPS) is 10.2. The van der Waals surface area contributed by atoms with Gasteiger partial charge < -0.3 is 4.74 Å². The van der Waals surface area contributed by atoms with E-state index in [0.717, 1.165) is 21.3 Å². The molecule has 0 fully saturated rings. The number of benzene rings is 1. The third kappa shape index (κ3) is 2.09. The molecule has 0 atom stereocenters. The summed E-state index contributed by atoms with van der Waals surface area (Å²) in [5, 5.41) is 0. The van der Waals surface area contributed by atoms with E-state index in [1.165, 1.54) is 5.56 Å². The Morgan fingerprint density at radius 1 is 1.12 bits per heavy atom. The summed E-state index contributed by atoms with van der Waals surface area (Å²) in [6.07, 6.45) is 3.68. The van der Waals surface area contributed by atoms with Gasteiger partial charge in [0.15, 0.2) is 0 Å². The molecule has 2 aromatic rings. The number of aromatic nitrogens is 1. The van der Waals surface area contributed by atoms with Gasteiger partial charge in [-0.05, 0) is 46.1 Å². The zero-order valence-electron chi connectivity index (χ0n) is 9.20. The summed E-state index contributed by atoms with van der Waals surface area (Å²) in [7, 11) is 1.67. The van der Waals surface area contributed by atoms with Gasteiger partial charge in [-0.2, -0.15) is 0 Å². The Labute approximate surface area is 103 Å². The van der Waals surface area contributed by atoms with Crippen molar-refractivity contribution in [3.8, 4) is 16.9 Å². The predicted molar refractivity (Wildman–Crippen MR) is 68.7 cm³/mol. The molecule has 0 aliphatic rings. The van der Waals surface area contributed by atoms with Crippen molar-refractivity contribution in [1.82, 2.24) is 4.98 Å². The Morgan fingerprint density at radius 3 is 2.38 bits per heavy atom. The highest BCUT2D eigenvalue weighted by Gasteiger charge is 2.06. The highest BCUT2D eigenvalue weighted by molar-refractivity contribution is 9.10. The summed E-state index contributed by atoms with van der Waals surface area (Å²) in [5.41, 5.74) is 3.49. The van der Waals surface area contributed by atoms with Crippen LogP contribution in [0.5, 0.6) is 5.75 Å². The van der Waals surface area contributed by atoms with E-state index in [2.05, 4.69) is 27.8 Å². The molecule has 0 spiro atoms. The minimum atomic E-state index is 0.867. The molecule has 2 nitrogen and oxygen atoms in total. The van der Waals surface area contributed by atoms with Gasteiger partial charge in [-0.25, -0.2) is 0 Å². The molecular weight excluding hydrogens is 266 g/mol. The second kappa shape index (κ2) is 4.66. The maximum Gasteiger partial charge on any atom is 0.118 e. The van der Waals surface area contributed by atoms with Crippen LogP contribution in [0, 0.1) is 6.92 Å². The minimum Gasteiger partial charge on any atom is -0.497 e. The van der Waals surface area contributed by atoms with Crippen LogP contribution in [-0.2, 0) is 0 Å². The van der Waals surface area contributed by atoms with Crippen molar-refractivity contribution < 1.29 is 4.74 Å². The SMILES string of the molecule is COc1ccc(-c2c(C)cncc2Br)cc1. The van der Waals surface area contributed by atoms with Gasteiger partial charge in [0.1, 0.15) is 5.75 Å². The standard InChI is InChI=1S/C13H12BrNO/c1-9-7-15-8-12(14)13(9)10-3-5-11(16-2)6-4-10/h3-8H,1-2H3. The van der Waals surface area contributed by atoms with Crippen LogP contribution in [-0.4, -0.2) is 12.1 Å². The average Bonchev–Trinajstić information content (AvgIpc) is 2.30. The van der Waals surface area contributed by atoms with E-state index < -0.39 is 0 Å². The van der Waals surface area contributed by atoms with Crippen molar-refractivity contribution in [2.75, 3.05) is 7.11 Å². The average molecular weight is 278 g/mol. The molecule has 0 unspecified atom stereocenters. The summed E-state index contributed by atoms with van der Waals surface area (Å²) < 4.78 is 6.15. The maximum absolute atomic E-state index is 5.14. The van der Waals surface area contributed by atoms with Crippen LogP contribution >= 0.6 is 15.9 Å². The second-order valence-electron chi connectivity index (χ2n) is 3.54. The van der Waals surface area contributed by atoms with Crippen molar-refractivity contribution in [2.24, 2.45) is 0 Å². The van der Waals surface area contributed by atoms with Gasteiger partial charge in [0.25, 0.3) is 0 Å². The Kier molecular flexibility index (Phi) is 3.25. The summed E-state index contributed by atoms with van der Waals surface area (Å²) in [6, 6.07) is 8.02. The molecule has 1 aromatic carbocycles. The number of hydrogen-bond acceptors (Lipinski definition) is 2. The lowest BCUT2D eigenvalue weighted by atomic mass is 10.0. The van der Waals surface area contributed by atoms with Crippen LogP contribution in [0.15, 0.2) is 41.1 Å². The molecule has 0 aliphatic heterocycles.